The standard InChI is InChI=1S/C48H29N.2C44H27N/c1-2-10-35-33(9-1)29-44(38-12-4-3-11-37(35)38)39-26-20-32-21-27-42-36(25-19-31-22-28-43(39)48(32)47(31)42)30-17-23-34(24-18-30)49-45-15-7-5-13-40(45)41-14-6-8-16-46(41)49;1-2-10-33-28(8-1)9-7-13-35(33)36-25-19-31-20-26-39-34(24-18-30-21-27-40(36)44(31)43(30)39)29-16-22-32(23-17-29)45-41-14-5-3-11-37(41)38-12-4-6-15-42(38)45;1-2-8-32-27-33(14-13-28(32)7-1)36-24-18-31-19-25-39-35(23-17-30-20-26-40(36)44(31)43(30)39)29-15-21-34(22-16-29)45-41-11-5-3-9-37(41)38-10-4-6-12-42(38)45/h1-29H;2*1-27H. The Morgan fingerprint density at radius 3 is 0.705 bits per heavy atom. The average molecular weight is 1760 g/mol. The summed E-state index contributed by atoms with van der Waals surface area (Å²) in [7, 11) is 0. The largest absolute Gasteiger partial charge is 0.309 e. The van der Waals surface area contributed by atoms with Gasteiger partial charge in [0.15, 0.2) is 0 Å². The molecular weight excluding hydrogens is 1680 g/mol. The van der Waals surface area contributed by atoms with Gasteiger partial charge in [-0.05, 0) is 292 Å². The highest BCUT2D eigenvalue weighted by Gasteiger charge is 2.24. The molecule has 3 aromatic heterocycles. The molecule has 31 aromatic rings. The van der Waals surface area contributed by atoms with Crippen molar-refractivity contribution in [2.75, 3.05) is 0 Å². The fraction of sp³-hybridized carbons (Fsp3) is 0. The normalized spacial score (nSPS) is 12.0. The van der Waals surface area contributed by atoms with Crippen LogP contribution in [0.3, 0.4) is 0 Å². The number of aromatic nitrogens is 3. The van der Waals surface area contributed by atoms with Crippen LogP contribution in [-0.4, -0.2) is 13.7 Å². The fourth-order valence-electron chi connectivity index (χ4n) is 23.9. The molecule has 0 saturated heterocycles. The second kappa shape index (κ2) is 31.2. The first-order chi connectivity index (χ1) is 69.0. The number of fused-ring (bicyclic) bond motifs is 14. The predicted molar refractivity (Wildman–Crippen MR) is 596 cm³/mol. The first kappa shape index (κ1) is 78.2. The fourth-order valence-corrected chi connectivity index (χ4v) is 23.9. The topological polar surface area (TPSA) is 14.8 Å². The van der Waals surface area contributed by atoms with E-state index in [1.54, 1.807) is 0 Å². The van der Waals surface area contributed by atoms with Crippen LogP contribution >= 0.6 is 0 Å². The van der Waals surface area contributed by atoms with Gasteiger partial charge in [0.05, 0.1) is 33.1 Å². The molecule has 0 aliphatic carbocycles. The van der Waals surface area contributed by atoms with Gasteiger partial charge in [-0.3, -0.25) is 0 Å². The maximum atomic E-state index is 2.39. The number of hydrogen-bond acceptors (Lipinski definition) is 0. The Morgan fingerprint density at radius 2 is 0.338 bits per heavy atom. The lowest BCUT2D eigenvalue weighted by atomic mass is 9.85. The van der Waals surface area contributed by atoms with Crippen LogP contribution in [0, 0.1) is 0 Å². The Kier molecular flexibility index (Phi) is 17.5. The Labute approximate surface area is 800 Å². The zero-order chi connectivity index (χ0) is 91.0. The SMILES string of the molecule is c1ccc2c(-c3ccc4ccc5c(-c6ccc(-n7c8ccccc8c8ccccc87)cc6)ccc6ccc3c4c65)cccc2c1.c1ccc2c(c1)cc(-c1ccc3ccc4c(-c5ccc(-n6c7ccccc7c7ccccc76)cc5)ccc5ccc1c3c54)c1ccccc12.c1ccc2cc(-c3ccc4ccc5c(-c6ccc(-n7c8ccccc8c8ccccc87)cc6)ccc6ccc3c4c65)ccc2c1. The highest BCUT2D eigenvalue weighted by Crippen LogP contribution is 2.50. The molecule has 0 fully saturated rings. The van der Waals surface area contributed by atoms with Crippen molar-refractivity contribution in [1.29, 1.82) is 0 Å². The third-order valence-electron chi connectivity index (χ3n) is 30.2. The van der Waals surface area contributed by atoms with E-state index in [1.807, 2.05) is 0 Å². The maximum absolute atomic E-state index is 2.39. The van der Waals surface area contributed by atoms with Crippen LogP contribution in [0.4, 0.5) is 0 Å². The van der Waals surface area contributed by atoms with Crippen molar-refractivity contribution in [3.05, 3.63) is 504 Å². The molecule has 31 rings (SSSR count). The molecule has 0 bridgehead atoms. The van der Waals surface area contributed by atoms with Crippen LogP contribution in [0.15, 0.2) is 504 Å². The molecule has 0 N–H and O–H groups in total. The van der Waals surface area contributed by atoms with E-state index in [0.717, 1.165) is 0 Å². The maximum Gasteiger partial charge on any atom is 0.0541 e. The predicted octanol–water partition coefficient (Wildman–Crippen LogP) is 37.7. The Balaban J connectivity index is 0.000000100. The van der Waals surface area contributed by atoms with Crippen LogP contribution in [0.1, 0.15) is 0 Å². The summed E-state index contributed by atoms with van der Waals surface area (Å²) in [4.78, 5) is 0. The van der Waals surface area contributed by atoms with Crippen LogP contribution in [0.2, 0.25) is 0 Å². The second-order valence-corrected chi connectivity index (χ2v) is 37.5. The van der Waals surface area contributed by atoms with E-state index in [1.165, 1.54) is 289 Å². The molecule has 3 nitrogen and oxygen atoms in total. The van der Waals surface area contributed by atoms with Gasteiger partial charge in [-0.1, -0.05) is 419 Å². The van der Waals surface area contributed by atoms with Crippen molar-refractivity contribution in [2.24, 2.45) is 0 Å². The molecular formula is C136H83N3. The molecule has 642 valence electrons. The van der Waals surface area contributed by atoms with Crippen molar-refractivity contribution < 1.29 is 0 Å². The van der Waals surface area contributed by atoms with Crippen LogP contribution < -0.4 is 0 Å². The quantitative estimate of drug-likeness (QED) is 0.128. The molecule has 0 aliphatic heterocycles. The average Bonchev–Trinajstić information content (AvgIpc) is 1.53. The van der Waals surface area contributed by atoms with Gasteiger partial charge in [0.2, 0.25) is 0 Å². The third-order valence-corrected chi connectivity index (χ3v) is 30.2. The number of rotatable bonds is 9. The number of para-hydroxylation sites is 6. The summed E-state index contributed by atoms with van der Waals surface area (Å²) in [6, 6.07) is 186. The monoisotopic (exact) mass is 1760 g/mol. The molecule has 0 amide bonds. The van der Waals surface area contributed by atoms with Crippen LogP contribution in [0.5, 0.6) is 0 Å². The summed E-state index contributed by atoms with van der Waals surface area (Å²) < 4.78 is 7.15. The van der Waals surface area contributed by atoms with E-state index in [4.69, 9.17) is 0 Å². The Bertz CT molecular complexity index is 10300. The molecule has 0 spiro atoms. The minimum atomic E-state index is 1.17. The van der Waals surface area contributed by atoms with E-state index in [9.17, 15) is 0 Å². The van der Waals surface area contributed by atoms with E-state index in [0.29, 0.717) is 0 Å². The van der Waals surface area contributed by atoms with E-state index < -0.39 is 0 Å². The van der Waals surface area contributed by atoms with Crippen molar-refractivity contribution in [3.63, 3.8) is 0 Å². The van der Waals surface area contributed by atoms with Gasteiger partial charge in [-0.25, -0.2) is 0 Å². The molecule has 0 aliphatic rings. The first-order valence-electron chi connectivity index (χ1n) is 48.2. The summed E-state index contributed by atoms with van der Waals surface area (Å²) in [6.07, 6.45) is 0. The molecule has 139 heavy (non-hydrogen) atoms. The molecule has 0 radical (unpaired) electrons. The lowest BCUT2D eigenvalue weighted by Gasteiger charge is -2.18. The van der Waals surface area contributed by atoms with Gasteiger partial charge < -0.3 is 13.7 Å². The zero-order valence-electron chi connectivity index (χ0n) is 75.8. The molecule has 3 heterocycles. The van der Waals surface area contributed by atoms with Gasteiger partial charge in [-0.15, -0.1) is 0 Å². The van der Waals surface area contributed by atoms with Crippen molar-refractivity contribution in [1.82, 2.24) is 13.7 Å². The Morgan fingerprint density at radius 1 is 0.101 bits per heavy atom. The van der Waals surface area contributed by atoms with Gasteiger partial charge in [-0.2, -0.15) is 0 Å². The van der Waals surface area contributed by atoms with Gasteiger partial charge in [0, 0.05) is 49.4 Å². The molecule has 3 heteroatoms. The molecule has 0 saturated carbocycles. The molecule has 0 atom stereocenters. The van der Waals surface area contributed by atoms with E-state index >= 15 is 0 Å². The van der Waals surface area contributed by atoms with Crippen molar-refractivity contribution in [3.8, 4) is 83.8 Å². The summed E-state index contributed by atoms with van der Waals surface area (Å²) in [5.74, 6) is 0. The lowest BCUT2D eigenvalue weighted by molar-refractivity contribution is 1.18. The smallest absolute Gasteiger partial charge is 0.0541 e. The van der Waals surface area contributed by atoms with Crippen molar-refractivity contribution in [2.45, 2.75) is 0 Å². The lowest BCUT2D eigenvalue weighted by Crippen LogP contribution is -1.94. The minimum Gasteiger partial charge on any atom is -0.309 e. The van der Waals surface area contributed by atoms with Crippen LogP contribution in [0.25, 0.3) is 289 Å². The molecule has 28 aromatic carbocycles. The Hall–Kier alpha value is -18.3. The summed E-state index contributed by atoms with van der Waals surface area (Å²) in [5.41, 5.74) is 26.1. The van der Waals surface area contributed by atoms with Crippen molar-refractivity contribution >= 4 is 205 Å². The number of benzene rings is 28. The third kappa shape index (κ3) is 12.2. The van der Waals surface area contributed by atoms with Crippen LogP contribution in [-0.2, 0) is 0 Å². The summed E-state index contributed by atoms with van der Waals surface area (Å²) >= 11 is 0. The second-order valence-electron chi connectivity index (χ2n) is 37.5. The van der Waals surface area contributed by atoms with E-state index in [-0.39, 0.29) is 0 Å². The summed E-state index contributed by atoms with van der Waals surface area (Å²) in [5, 5.41) is 41.5. The zero-order valence-corrected chi connectivity index (χ0v) is 75.8. The highest BCUT2D eigenvalue weighted by atomic mass is 15.0. The molecule has 0 unspecified atom stereocenters. The minimum absolute atomic E-state index is 1.17. The van der Waals surface area contributed by atoms with Gasteiger partial charge in [0.25, 0.3) is 0 Å². The number of hydrogen-bond donors (Lipinski definition) is 0. The van der Waals surface area contributed by atoms with Gasteiger partial charge >= 0.3 is 0 Å². The first-order valence-corrected chi connectivity index (χ1v) is 48.2. The van der Waals surface area contributed by atoms with E-state index in [2.05, 4.69) is 517 Å². The number of nitrogens with zero attached hydrogens (tertiary/aromatic N) is 3. The highest BCUT2D eigenvalue weighted by molar-refractivity contribution is 6.32. The van der Waals surface area contributed by atoms with Gasteiger partial charge in [0.1, 0.15) is 0 Å². The summed E-state index contributed by atoms with van der Waals surface area (Å²) in [6.45, 7) is 0.